The Hall–Kier alpha value is -1.11. The van der Waals surface area contributed by atoms with Crippen LogP contribution in [-0.4, -0.2) is 5.78 Å². The van der Waals surface area contributed by atoms with Gasteiger partial charge in [-0.1, -0.05) is 44.2 Å². The Balaban J connectivity index is 0.000000791. The summed E-state index contributed by atoms with van der Waals surface area (Å²) in [6, 6.07) is 10.3. The maximum Gasteiger partial charge on any atom is 0.129 e. The molecule has 0 spiro atoms. The van der Waals surface area contributed by atoms with Gasteiger partial charge in [-0.25, -0.2) is 0 Å². The number of benzene rings is 1. The van der Waals surface area contributed by atoms with Gasteiger partial charge >= 0.3 is 0 Å². The number of Topliss-reactive ketones (excluding diaryl/α,β-unsaturated/α-hetero) is 1. The molecule has 1 heteroatoms. The van der Waals surface area contributed by atoms with E-state index in [1.54, 1.807) is 6.92 Å². The minimum atomic E-state index is 0.283. The van der Waals surface area contributed by atoms with Gasteiger partial charge in [-0.3, -0.25) is 0 Å². The maximum atomic E-state index is 10.6. The van der Waals surface area contributed by atoms with Crippen molar-refractivity contribution >= 4 is 5.78 Å². The third kappa shape index (κ3) is 6.41. The van der Waals surface area contributed by atoms with E-state index in [4.69, 9.17) is 0 Å². The van der Waals surface area contributed by atoms with Crippen molar-refractivity contribution in [2.45, 2.75) is 40.0 Å². The second-order valence-corrected chi connectivity index (χ2v) is 3.04. The Morgan fingerprint density at radius 2 is 1.71 bits per heavy atom. The smallest absolute Gasteiger partial charge is 0.129 e. The van der Waals surface area contributed by atoms with Gasteiger partial charge in [0.05, 0.1) is 0 Å². The molecule has 0 aromatic heterocycles. The summed E-state index contributed by atoms with van der Waals surface area (Å²) in [4.78, 5) is 10.6. The standard InChI is InChI=1S/C11H14O.C2H6/c1-10(12)6-5-9-11-7-3-2-4-8-11;1-2/h2-4,7-8H,5-6,9H2,1H3;1-2H3. The highest BCUT2D eigenvalue weighted by Gasteiger charge is 1.94. The molecule has 14 heavy (non-hydrogen) atoms. The molecule has 0 atom stereocenters. The second kappa shape index (κ2) is 8.49. The summed E-state index contributed by atoms with van der Waals surface area (Å²) < 4.78 is 0. The van der Waals surface area contributed by atoms with Crippen molar-refractivity contribution in [2.75, 3.05) is 0 Å². The first-order valence-electron chi connectivity index (χ1n) is 5.32. The number of aryl methyl sites for hydroxylation is 1. The van der Waals surface area contributed by atoms with E-state index >= 15 is 0 Å². The van der Waals surface area contributed by atoms with Crippen LogP contribution in [0.3, 0.4) is 0 Å². The van der Waals surface area contributed by atoms with E-state index in [0.29, 0.717) is 6.42 Å². The van der Waals surface area contributed by atoms with E-state index < -0.39 is 0 Å². The molecule has 78 valence electrons. The van der Waals surface area contributed by atoms with Gasteiger partial charge in [0.15, 0.2) is 0 Å². The topological polar surface area (TPSA) is 17.1 Å². The Morgan fingerprint density at radius 3 is 2.21 bits per heavy atom. The highest BCUT2D eigenvalue weighted by molar-refractivity contribution is 5.75. The van der Waals surface area contributed by atoms with Crippen LogP contribution >= 0.6 is 0 Å². The summed E-state index contributed by atoms with van der Waals surface area (Å²) in [5, 5.41) is 0. The van der Waals surface area contributed by atoms with E-state index in [2.05, 4.69) is 12.1 Å². The van der Waals surface area contributed by atoms with Crippen LogP contribution in [0.25, 0.3) is 0 Å². The lowest BCUT2D eigenvalue weighted by Gasteiger charge is -1.98. The molecular formula is C13H20O. The Bertz CT molecular complexity index is 239. The summed E-state index contributed by atoms with van der Waals surface area (Å²) in [6.45, 7) is 5.64. The van der Waals surface area contributed by atoms with Gasteiger partial charge in [0.25, 0.3) is 0 Å². The number of hydrogen-bond acceptors (Lipinski definition) is 1. The van der Waals surface area contributed by atoms with Crippen molar-refractivity contribution in [3.63, 3.8) is 0 Å². The molecule has 1 rings (SSSR count). The van der Waals surface area contributed by atoms with Crippen LogP contribution < -0.4 is 0 Å². The lowest BCUT2D eigenvalue weighted by molar-refractivity contribution is -0.117. The first-order chi connectivity index (χ1) is 6.79. The van der Waals surface area contributed by atoms with Crippen molar-refractivity contribution < 1.29 is 4.79 Å². The number of carbonyl (C=O) groups excluding carboxylic acids is 1. The number of hydrogen-bond donors (Lipinski definition) is 0. The molecule has 0 unspecified atom stereocenters. The molecular weight excluding hydrogens is 172 g/mol. The lowest BCUT2D eigenvalue weighted by atomic mass is 10.1. The molecule has 0 bridgehead atoms. The highest BCUT2D eigenvalue weighted by atomic mass is 16.1. The molecule has 1 aromatic carbocycles. The van der Waals surface area contributed by atoms with Crippen molar-refractivity contribution in [1.82, 2.24) is 0 Å². The number of ketones is 1. The Kier molecular flexibility index (Phi) is 7.81. The number of carbonyl (C=O) groups is 1. The molecule has 0 radical (unpaired) electrons. The maximum absolute atomic E-state index is 10.6. The molecule has 0 heterocycles. The zero-order valence-electron chi connectivity index (χ0n) is 9.42. The summed E-state index contributed by atoms with van der Waals surface area (Å²) in [5.41, 5.74) is 1.32. The summed E-state index contributed by atoms with van der Waals surface area (Å²) in [5.74, 6) is 0.283. The Labute approximate surface area is 87.2 Å². The largest absolute Gasteiger partial charge is 0.300 e. The van der Waals surface area contributed by atoms with Gasteiger partial charge in [0, 0.05) is 6.42 Å². The minimum absolute atomic E-state index is 0.283. The summed E-state index contributed by atoms with van der Waals surface area (Å²) >= 11 is 0. The Morgan fingerprint density at radius 1 is 1.14 bits per heavy atom. The molecule has 0 aliphatic rings. The van der Waals surface area contributed by atoms with Crippen molar-refractivity contribution in [3.05, 3.63) is 35.9 Å². The first kappa shape index (κ1) is 12.9. The quantitative estimate of drug-likeness (QED) is 0.712. The molecule has 0 fully saturated rings. The lowest BCUT2D eigenvalue weighted by Crippen LogP contribution is -1.91. The summed E-state index contributed by atoms with van der Waals surface area (Å²) in [6.07, 6.45) is 2.69. The molecule has 1 aromatic rings. The van der Waals surface area contributed by atoms with Crippen LogP contribution in [0.5, 0.6) is 0 Å². The molecule has 0 amide bonds. The van der Waals surface area contributed by atoms with Gasteiger partial charge in [0.2, 0.25) is 0 Å². The fourth-order valence-electron chi connectivity index (χ4n) is 1.19. The van der Waals surface area contributed by atoms with Crippen molar-refractivity contribution in [3.8, 4) is 0 Å². The van der Waals surface area contributed by atoms with E-state index in [-0.39, 0.29) is 5.78 Å². The van der Waals surface area contributed by atoms with Crippen LogP contribution in [0.2, 0.25) is 0 Å². The molecule has 0 saturated carbocycles. The predicted octanol–water partition coefficient (Wildman–Crippen LogP) is 3.62. The van der Waals surface area contributed by atoms with Gasteiger partial charge < -0.3 is 4.79 Å². The molecule has 0 aliphatic carbocycles. The molecule has 1 nitrogen and oxygen atoms in total. The van der Waals surface area contributed by atoms with Crippen LogP contribution in [0.4, 0.5) is 0 Å². The van der Waals surface area contributed by atoms with Crippen LogP contribution in [0, 0.1) is 0 Å². The fraction of sp³-hybridized carbons (Fsp3) is 0.462. The van der Waals surface area contributed by atoms with Gasteiger partial charge in [-0.2, -0.15) is 0 Å². The minimum Gasteiger partial charge on any atom is -0.300 e. The van der Waals surface area contributed by atoms with Crippen LogP contribution in [-0.2, 0) is 11.2 Å². The van der Waals surface area contributed by atoms with Crippen LogP contribution in [0.1, 0.15) is 39.2 Å². The first-order valence-corrected chi connectivity index (χ1v) is 5.32. The summed E-state index contributed by atoms with van der Waals surface area (Å²) in [7, 11) is 0. The van der Waals surface area contributed by atoms with E-state index in [9.17, 15) is 4.79 Å². The van der Waals surface area contributed by atoms with Crippen molar-refractivity contribution in [2.24, 2.45) is 0 Å². The third-order valence-electron chi connectivity index (χ3n) is 1.84. The monoisotopic (exact) mass is 192 g/mol. The average Bonchev–Trinajstić information content (AvgIpc) is 2.22. The number of rotatable bonds is 4. The van der Waals surface area contributed by atoms with E-state index in [1.165, 1.54) is 5.56 Å². The zero-order valence-corrected chi connectivity index (χ0v) is 9.42. The SMILES string of the molecule is CC.CC(=O)CCCc1ccccc1. The van der Waals surface area contributed by atoms with Crippen LogP contribution in [0.15, 0.2) is 30.3 Å². The second-order valence-electron chi connectivity index (χ2n) is 3.04. The van der Waals surface area contributed by atoms with E-state index in [1.807, 2.05) is 32.0 Å². The highest BCUT2D eigenvalue weighted by Crippen LogP contribution is 2.04. The third-order valence-corrected chi connectivity index (χ3v) is 1.84. The average molecular weight is 192 g/mol. The van der Waals surface area contributed by atoms with Crippen molar-refractivity contribution in [1.29, 1.82) is 0 Å². The normalized spacial score (nSPS) is 8.79. The van der Waals surface area contributed by atoms with Gasteiger partial charge in [-0.05, 0) is 25.3 Å². The molecule has 0 N–H and O–H groups in total. The predicted molar refractivity (Wildman–Crippen MR) is 61.4 cm³/mol. The van der Waals surface area contributed by atoms with E-state index in [0.717, 1.165) is 12.8 Å². The molecule has 0 saturated heterocycles. The fourth-order valence-corrected chi connectivity index (χ4v) is 1.19. The van der Waals surface area contributed by atoms with Gasteiger partial charge in [-0.15, -0.1) is 0 Å². The molecule has 0 aliphatic heterocycles. The zero-order chi connectivity index (χ0) is 10.8. The van der Waals surface area contributed by atoms with Gasteiger partial charge in [0.1, 0.15) is 5.78 Å².